The number of morpholine rings is 1. The number of rotatable bonds is 3. The van der Waals surface area contributed by atoms with Gasteiger partial charge in [0.05, 0.1) is 24.8 Å². The van der Waals surface area contributed by atoms with Crippen LogP contribution in [0.4, 0.5) is 0 Å². The molecule has 3 heterocycles. The number of thioether (sulfide) groups is 1. The molecule has 22 heavy (non-hydrogen) atoms. The second kappa shape index (κ2) is 7.94. The van der Waals surface area contributed by atoms with Crippen molar-refractivity contribution in [2.45, 2.75) is 12.5 Å². The minimum atomic E-state index is 0.119. The molecule has 6 heteroatoms. The van der Waals surface area contributed by atoms with Crippen LogP contribution in [-0.2, 0) is 4.74 Å². The van der Waals surface area contributed by atoms with Crippen LogP contribution in [0.15, 0.2) is 24.5 Å². The highest BCUT2D eigenvalue weighted by molar-refractivity contribution is 7.99. The molecule has 0 spiro atoms. The highest BCUT2D eigenvalue weighted by Gasteiger charge is 2.28. The molecule has 1 unspecified atom stereocenters. The topological polar surface area (TPSA) is 45.7 Å². The third kappa shape index (κ3) is 4.00. The zero-order valence-electron chi connectivity index (χ0n) is 12.8. The van der Waals surface area contributed by atoms with Crippen LogP contribution in [0.1, 0.15) is 16.8 Å². The van der Waals surface area contributed by atoms with Gasteiger partial charge >= 0.3 is 0 Å². The summed E-state index contributed by atoms with van der Waals surface area (Å²) in [7, 11) is 0. The molecule has 1 amide bonds. The van der Waals surface area contributed by atoms with Crippen molar-refractivity contribution in [3.8, 4) is 0 Å². The fourth-order valence-electron chi connectivity index (χ4n) is 2.98. The van der Waals surface area contributed by atoms with Gasteiger partial charge in [-0.15, -0.1) is 0 Å². The van der Waals surface area contributed by atoms with Gasteiger partial charge in [0.1, 0.15) is 0 Å². The first-order valence-electron chi connectivity index (χ1n) is 7.93. The molecule has 1 aromatic heterocycles. The molecule has 0 radical (unpaired) electrons. The van der Waals surface area contributed by atoms with Crippen molar-refractivity contribution in [3.63, 3.8) is 0 Å². The summed E-state index contributed by atoms with van der Waals surface area (Å²) >= 11 is 1.96. The Labute approximate surface area is 136 Å². The molecule has 2 aliphatic heterocycles. The zero-order chi connectivity index (χ0) is 15.2. The van der Waals surface area contributed by atoms with Crippen molar-refractivity contribution in [3.05, 3.63) is 30.1 Å². The van der Waals surface area contributed by atoms with Crippen LogP contribution in [0.25, 0.3) is 0 Å². The van der Waals surface area contributed by atoms with Crippen LogP contribution in [0.3, 0.4) is 0 Å². The summed E-state index contributed by atoms with van der Waals surface area (Å²) < 4.78 is 5.42. The number of carbonyl (C=O) groups is 1. The van der Waals surface area contributed by atoms with Crippen LogP contribution in [0.5, 0.6) is 0 Å². The SMILES string of the molecule is O=C(c1cccnc1)N1CCCSCC1CN1CCOCC1. The summed E-state index contributed by atoms with van der Waals surface area (Å²) in [6.07, 6.45) is 4.45. The van der Waals surface area contributed by atoms with E-state index in [1.807, 2.05) is 23.9 Å². The van der Waals surface area contributed by atoms with Crippen molar-refractivity contribution >= 4 is 17.7 Å². The van der Waals surface area contributed by atoms with E-state index in [2.05, 4.69) is 14.8 Å². The molecule has 0 N–H and O–H groups in total. The molecular formula is C16H23N3O2S. The Morgan fingerprint density at radius 1 is 1.36 bits per heavy atom. The van der Waals surface area contributed by atoms with Crippen LogP contribution in [-0.4, -0.2) is 77.6 Å². The average Bonchev–Trinajstić information content (AvgIpc) is 2.81. The molecule has 0 bridgehead atoms. The fraction of sp³-hybridized carbons (Fsp3) is 0.625. The summed E-state index contributed by atoms with van der Waals surface area (Å²) in [6, 6.07) is 3.97. The molecule has 1 aromatic rings. The Morgan fingerprint density at radius 3 is 3.00 bits per heavy atom. The summed E-state index contributed by atoms with van der Waals surface area (Å²) in [5.41, 5.74) is 0.696. The van der Waals surface area contributed by atoms with E-state index in [0.717, 1.165) is 57.3 Å². The summed E-state index contributed by atoms with van der Waals surface area (Å²) in [5, 5.41) is 0. The van der Waals surface area contributed by atoms with Gasteiger partial charge in [0.2, 0.25) is 0 Å². The number of hydrogen-bond acceptors (Lipinski definition) is 5. The number of amides is 1. The lowest BCUT2D eigenvalue weighted by molar-refractivity contribution is 0.0245. The predicted octanol–water partition coefficient (Wildman–Crippen LogP) is 1.36. The van der Waals surface area contributed by atoms with Gasteiger partial charge in [0.25, 0.3) is 5.91 Å². The fourth-order valence-corrected chi connectivity index (χ4v) is 4.04. The van der Waals surface area contributed by atoms with Crippen molar-refractivity contribution < 1.29 is 9.53 Å². The molecule has 5 nitrogen and oxygen atoms in total. The van der Waals surface area contributed by atoms with Gasteiger partial charge < -0.3 is 9.64 Å². The van der Waals surface area contributed by atoms with Gasteiger partial charge in [-0.2, -0.15) is 11.8 Å². The van der Waals surface area contributed by atoms with Crippen LogP contribution < -0.4 is 0 Å². The van der Waals surface area contributed by atoms with E-state index in [0.29, 0.717) is 5.56 Å². The number of carbonyl (C=O) groups excluding carboxylic acids is 1. The Morgan fingerprint density at radius 2 is 2.23 bits per heavy atom. The quantitative estimate of drug-likeness (QED) is 0.841. The molecule has 2 saturated heterocycles. The molecule has 2 aliphatic rings. The van der Waals surface area contributed by atoms with E-state index >= 15 is 0 Å². The van der Waals surface area contributed by atoms with Crippen LogP contribution in [0.2, 0.25) is 0 Å². The van der Waals surface area contributed by atoms with Gasteiger partial charge in [0.15, 0.2) is 0 Å². The normalized spacial score (nSPS) is 24.0. The molecule has 120 valence electrons. The van der Waals surface area contributed by atoms with E-state index in [4.69, 9.17) is 4.74 Å². The minimum absolute atomic E-state index is 0.119. The van der Waals surface area contributed by atoms with Crippen molar-refractivity contribution in [2.75, 3.05) is 50.9 Å². The van der Waals surface area contributed by atoms with Gasteiger partial charge in [0, 0.05) is 44.3 Å². The lowest BCUT2D eigenvalue weighted by Gasteiger charge is -2.35. The van der Waals surface area contributed by atoms with Crippen LogP contribution in [0, 0.1) is 0 Å². The Balaban J connectivity index is 1.71. The first-order chi connectivity index (χ1) is 10.8. The third-order valence-electron chi connectivity index (χ3n) is 4.18. The molecule has 0 aliphatic carbocycles. The van der Waals surface area contributed by atoms with E-state index < -0.39 is 0 Å². The number of nitrogens with zero attached hydrogens (tertiary/aromatic N) is 3. The second-order valence-electron chi connectivity index (χ2n) is 5.74. The van der Waals surface area contributed by atoms with Gasteiger partial charge in [-0.25, -0.2) is 0 Å². The highest BCUT2D eigenvalue weighted by Crippen LogP contribution is 2.20. The zero-order valence-corrected chi connectivity index (χ0v) is 13.6. The largest absolute Gasteiger partial charge is 0.379 e. The molecule has 0 aromatic carbocycles. The van der Waals surface area contributed by atoms with E-state index in [1.54, 1.807) is 12.4 Å². The van der Waals surface area contributed by atoms with E-state index in [1.165, 1.54) is 0 Å². The lowest BCUT2D eigenvalue weighted by Crippen LogP contribution is -2.50. The number of hydrogen-bond donors (Lipinski definition) is 0. The first-order valence-corrected chi connectivity index (χ1v) is 9.09. The van der Waals surface area contributed by atoms with E-state index in [-0.39, 0.29) is 11.9 Å². The Hall–Kier alpha value is -1.11. The number of pyridine rings is 1. The maximum atomic E-state index is 12.8. The van der Waals surface area contributed by atoms with Crippen molar-refractivity contribution in [1.29, 1.82) is 0 Å². The monoisotopic (exact) mass is 321 g/mol. The Bertz CT molecular complexity index is 480. The highest BCUT2D eigenvalue weighted by atomic mass is 32.2. The standard InChI is InChI=1S/C16H23N3O2S/c20-16(14-3-1-4-17-11-14)19-5-2-10-22-13-15(19)12-18-6-8-21-9-7-18/h1,3-4,11,15H,2,5-10,12-13H2. The molecule has 0 saturated carbocycles. The second-order valence-corrected chi connectivity index (χ2v) is 6.89. The lowest BCUT2D eigenvalue weighted by atomic mass is 10.1. The number of aromatic nitrogens is 1. The molecular weight excluding hydrogens is 298 g/mol. The van der Waals surface area contributed by atoms with Crippen molar-refractivity contribution in [2.24, 2.45) is 0 Å². The molecule has 3 rings (SSSR count). The maximum Gasteiger partial charge on any atom is 0.255 e. The van der Waals surface area contributed by atoms with Crippen molar-refractivity contribution in [1.82, 2.24) is 14.8 Å². The number of ether oxygens (including phenoxy) is 1. The summed E-state index contributed by atoms with van der Waals surface area (Å²) in [4.78, 5) is 21.4. The smallest absolute Gasteiger partial charge is 0.255 e. The van der Waals surface area contributed by atoms with E-state index in [9.17, 15) is 4.79 Å². The average molecular weight is 321 g/mol. The summed E-state index contributed by atoms with van der Waals surface area (Å²) in [5.74, 6) is 2.27. The maximum absolute atomic E-state index is 12.8. The van der Waals surface area contributed by atoms with Gasteiger partial charge in [-0.3, -0.25) is 14.7 Å². The first kappa shape index (κ1) is 15.8. The predicted molar refractivity (Wildman–Crippen MR) is 88.3 cm³/mol. The van der Waals surface area contributed by atoms with Gasteiger partial charge in [-0.05, 0) is 24.3 Å². The molecule has 2 fully saturated rings. The minimum Gasteiger partial charge on any atom is -0.379 e. The van der Waals surface area contributed by atoms with Crippen LogP contribution >= 0.6 is 11.8 Å². The van der Waals surface area contributed by atoms with Gasteiger partial charge in [-0.1, -0.05) is 0 Å². The molecule has 1 atom stereocenters. The third-order valence-corrected chi connectivity index (χ3v) is 5.38. The Kier molecular flexibility index (Phi) is 5.70. The summed E-state index contributed by atoms with van der Waals surface area (Å²) in [6.45, 7) is 5.33.